The van der Waals surface area contributed by atoms with Crippen molar-refractivity contribution in [3.05, 3.63) is 83.0 Å². The number of amides is 1. The van der Waals surface area contributed by atoms with Gasteiger partial charge < -0.3 is 10.3 Å². The molecular formula is C25H21N3OS. The Bertz CT molecular complexity index is 1410. The number of carbonyl (C=O) groups excluding carboxylic acids is 1. The van der Waals surface area contributed by atoms with Gasteiger partial charge in [-0.2, -0.15) is 0 Å². The van der Waals surface area contributed by atoms with Crippen molar-refractivity contribution >= 4 is 44.1 Å². The van der Waals surface area contributed by atoms with Gasteiger partial charge >= 0.3 is 0 Å². The van der Waals surface area contributed by atoms with Crippen LogP contribution >= 0.6 is 11.3 Å². The zero-order chi connectivity index (χ0) is 20.8. The van der Waals surface area contributed by atoms with Crippen LogP contribution in [0.15, 0.2) is 60.7 Å². The first kappa shape index (κ1) is 18.6. The number of nitrogens with one attached hydrogen (secondary N) is 2. The van der Waals surface area contributed by atoms with Gasteiger partial charge in [0.2, 0.25) is 0 Å². The molecule has 2 aromatic heterocycles. The molecule has 2 heterocycles. The van der Waals surface area contributed by atoms with Crippen LogP contribution in [0.1, 0.15) is 27.2 Å². The molecule has 30 heavy (non-hydrogen) atoms. The smallest absolute Gasteiger partial charge is 0.257 e. The van der Waals surface area contributed by atoms with E-state index >= 15 is 0 Å². The van der Waals surface area contributed by atoms with Crippen LogP contribution in [0, 0.1) is 20.8 Å². The molecule has 0 radical (unpaired) electrons. The maximum absolute atomic E-state index is 12.9. The minimum Gasteiger partial charge on any atom is -0.358 e. The van der Waals surface area contributed by atoms with E-state index in [1.807, 2.05) is 49.4 Å². The molecule has 0 aliphatic carbocycles. The summed E-state index contributed by atoms with van der Waals surface area (Å²) >= 11 is 1.68. The quantitative estimate of drug-likeness (QED) is 0.350. The number of para-hydroxylation sites is 1. The van der Waals surface area contributed by atoms with Crippen LogP contribution in [0.5, 0.6) is 0 Å². The van der Waals surface area contributed by atoms with Gasteiger partial charge in [-0.15, -0.1) is 11.3 Å². The lowest BCUT2D eigenvalue weighted by atomic mass is 10.1. The Morgan fingerprint density at radius 2 is 1.80 bits per heavy atom. The number of thiazole rings is 1. The molecule has 3 aromatic carbocycles. The fourth-order valence-electron chi connectivity index (χ4n) is 3.72. The van der Waals surface area contributed by atoms with Gasteiger partial charge in [0, 0.05) is 22.3 Å². The Morgan fingerprint density at radius 1 is 1.00 bits per heavy atom. The number of carbonyl (C=O) groups is 1. The topological polar surface area (TPSA) is 57.8 Å². The minimum absolute atomic E-state index is 0.120. The van der Waals surface area contributed by atoms with Crippen molar-refractivity contribution in [1.82, 2.24) is 9.97 Å². The highest BCUT2D eigenvalue weighted by atomic mass is 32.1. The highest BCUT2D eigenvalue weighted by molar-refractivity contribution is 7.21. The molecule has 0 atom stereocenters. The Balaban J connectivity index is 1.41. The summed E-state index contributed by atoms with van der Waals surface area (Å²) in [5.41, 5.74) is 7.85. The number of H-pyrrole nitrogens is 1. The first-order valence-electron chi connectivity index (χ1n) is 9.86. The van der Waals surface area contributed by atoms with E-state index in [1.54, 1.807) is 11.3 Å². The predicted octanol–water partition coefficient (Wildman–Crippen LogP) is 6.62. The number of aromatic nitrogens is 2. The van der Waals surface area contributed by atoms with Gasteiger partial charge in [0.1, 0.15) is 5.01 Å². The molecule has 148 valence electrons. The Labute approximate surface area is 178 Å². The molecule has 0 spiro atoms. The minimum atomic E-state index is -0.120. The van der Waals surface area contributed by atoms with Crippen molar-refractivity contribution in [2.45, 2.75) is 20.8 Å². The standard InChI is InChI=1S/C25H21N3OS/c1-14-7-12-21-22(13-14)30-25(28-21)17-8-10-18(11-9-17)27-24(29)20-6-4-5-19-15(2)16(3)26-23(19)20/h4-13,26H,1-3H3,(H,27,29). The van der Waals surface area contributed by atoms with Crippen molar-refractivity contribution in [3.8, 4) is 10.6 Å². The third-order valence-corrected chi connectivity index (χ3v) is 6.59. The van der Waals surface area contributed by atoms with Crippen molar-refractivity contribution < 1.29 is 4.79 Å². The number of hydrogen-bond donors (Lipinski definition) is 2. The SMILES string of the molecule is Cc1ccc2nc(-c3ccc(NC(=O)c4cccc5c(C)c(C)[nH]c45)cc3)sc2c1. The number of anilines is 1. The highest BCUT2D eigenvalue weighted by Gasteiger charge is 2.14. The first-order valence-corrected chi connectivity index (χ1v) is 10.7. The zero-order valence-corrected chi connectivity index (χ0v) is 17.9. The van der Waals surface area contributed by atoms with Crippen LogP contribution in [-0.4, -0.2) is 15.9 Å². The van der Waals surface area contributed by atoms with Crippen LogP contribution in [0.3, 0.4) is 0 Å². The van der Waals surface area contributed by atoms with Crippen LogP contribution in [-0.2, 0) is 0 Å². The lowest BCUT2D eigenvalue weighted by Crippen LogP contribution is -2.12. The zero-order valence-electron chi connectivity index (χ0n) is 17.0. The molecular weight excluding hydrogens is 390 g/mol. The molecule has 0 saturated carbocycles. The molecule has 5 aromatic rings. The molecule has 0 fully saturated rings. The lowest BCUT2D eigenvalue weighted by Gasteiger charge is -2.07. The van der Waals surface area contributed by atoms with E-state index in [0.29, 0.717) is 5.56 Å². The number of rotatable bonds is 3. The normalized spacial score (nSPS) is 11.3. The molecule has 2 N–H and O–H groups in total. The number of fused-ring (bicyclic) bond motifs is 2. The van der Waals surface area contributed by atoms with E-state index in [-0.39, 0.29) is 5.91 Å². The molecule has 0 aliphatic rings. The van der Waals surface area contributed by atoms with Gasteiger partial charge in [-0.1, -0.05) is 18.2 Å². The monoisotopic (exact) mass is 411 g/mol. The summed E-state index contributed by atoms with van der Waals surface area (Å²) in [6.07, 6.45) is 0. The van der Waals surface area contributed by atoms with Crippen LogP contribution in [0.25, 0.3) is 31.7 Å². The van der Waals surface area contributed by atoms with Gasteiger partial charge in [-0.05, 0) is 74.4 Å². The van der Waals surface area contributed by atoms with E-state index in [9.17, 15) is 4.79 Å². The maximum Gasteiger partial charge on any atom is 0.257 e. The molecule has 0 aliphatic heterocycles. The average Bonchev–Trinajstić information content (AvgIpc) is 3.29. The van der Waals surface area contributed by atoms with Crippen molar-refractivity contribution in [1.29, 1.82) is 0 Å². The fourth-order valence-corrected chi connectivity index (χ4v) is 4.79. The van der Waals surface area contributed by atoms with Crippen molar-refractivity contribution in [2.75, 3.05) is 5.32 Å². The molecule has 5 heteroatoms. The molecule has 5 rings (SSSR count). The number of hydrogen-bond acceptors (Lipinski definition) is 3. The Morgan fingerprint density at radius 3 is 2.60 bits per heavy atom. The lowest BCUT2D eigenvalue weighted by molar-refractivity contribution is 0.102. The predicted molar refractivity (Wildman–Crippen MR) is 126 cm³/mol. The number of benzene rings is 3. The van der Waals surface area contributed by atoms with Crippen LogP contribution in [0.4, 0.5) is 5.69 Å². The van der Waals surface area contributed by atoms with E-state index in [0.717, 1.165) is 38.4 Å². The highest BCUT2D eigenvalue weighted by Crippen LogP contribution is 2.31. The van der Waals surface area contributed by atoms with E-state index in [4.69, 9.17) is 4.98 Å². The Hall–Kier alpha value is -3.44. The second kappa shape index (κ2) is 7.11. The van der Waals surface area contributed by atoms with E-state index < -0.39 is 0 Å². The van der Waals surface area contributed by atoms with Crippen molar-refractivity contribution in [2.24, 2.45) is 0 Å². The second-order valence-corrected chi connectivity index (χ2v) is 8.66. The molecule has 0 bridgehead atoms. The molecule has 0 unspecified atom stereocenters. The maximum atomic E-state index is 12.9. The average molecular weight is 412 g/mol. The number of nitrogens with zero attached hydrogens (tertiary/aromatic N) is 1. The van der Waals surface area contributed by atoms with Gasteiger partial charge in [0.25, 0.3) is 5.91 Å². The molecule has 4 nitrogen and oxygen atoms in total. The number of aryl methyl sites for hydroxylation is 3. The van der Waals surface area contributed by atoms with Gasteiger partial charge in [-0.3, -0.25) is 4.79 Å². The number of aromatic amines is 1. The van der Waals surface area contributed by atoms with E-state index in [2.05, 4.69) is 42.3 Å². The van der Waals surface area contributed by atoms with Gasteiger partial charge in [-0.25, -0.2) is 4.98 Å². The summed E-state index contributed by atoms with van der Waals surface area (Å²) in [5.74, 6) is -0.120. The third-order valence-electron chi connectivity index (χ3n) is 5.52. The van der Waals surface area contributed by atoms with Crippen LogP contribution < -0.4 is 5.32 Å². The summed E-state index contributed by atoms with van der Waals surface area (Å²) in [7, 11) is 0. The summed E-state index contributed by atoms with van der Waals surface area (Å²) in [5, 5.41) is 5.08. The van der Waals surface area contributed by atoms with Gasteiger partial charge in [0.05, 0.1) is 21.3 Å². The van der Waals surface area contributed by atoms with Crippen LogP contribution in [0.2, 0.25) is 0 Å². The third kappa shape index (κ3) is 3.17. The van der Waals surface area contributed by atoms with Gasteiger partial charge in [0.15, 0.2) is 0 Å². The summed E-state index contributed by atoms with van der Waals surface area (Å²) < 4.78 is 1.19. The largest absolute Gasteiger partial charge is 0.358 e. The molecule has 0 saturated heterocycles. The van der Waals surface area contributed by atoms with E-state index in [1.165, 1.54) is 15.8 Å². The summed E-state index contributed by atoms with van der Waals surface area (Å²) in [4.78, 5) is 21.0. The Kier molecular flexibility index (Phi) is 4.40. The summed E-state index contributed by atoms with van der Waals surface area (Å²) in [6, 6.07) is 20.0. The molecule has 1 amide bonds. The second-order valence-electron chi connectivity index (χ2n) is 7.62. The first-order chi connectivity index (χ1) is 14.5. The summed E-state index contributed by atoms with van der Waals surface area (Å²) in [6.45, 7) is 6.18. The fraction of sp³-hybridized carbons (Fsp3) is 0.120. The van der Waals surface area contributed by atoms with Crippen molar-refractivity contribution in [3.63, 3.8) is 0 Å².